The summed E-state index contributed by atoms with van der Waals surface area (Å²) in [6.45, 7) is 1.99. The monoisotopic (exact) mass is 330 g/mol. The molecule has 1 aromatic carbocycles. The van der Waals surface area contributed by atoms with Crippen LogP contribution >= 0.6 is 0 Å². The quantitative estimate of drug-likeness (QED) is 0.772. The highest BCUT2D eigenvalue weighted by molar-refractivity contribution is 5.75. The van der Waals surface area contributed by atoms with E-state index in [0.29, 0.717) is 18.8 Å². The number of carboxylic acid groups (broad SMARTS) is 1. The van der Waals surface area contributed by atoms with Gasteiger partial charge in [0.25, 0.3) is 0 Å². The lowest BCUT2D eigenvalue weighted by molar-refractivity contribution is -0.142. The van der Waals surface area contributed by atoms with E-state index in [1.165, 1.54) is 18.4 Å². The summed E-state index contributed by atoms with van der Waals surface area (Å²) in [4.78, 5) is 23.2. The number of hydrogen-bond donors (Lipinski definition) is 3. The first kappa shape index (κ1) is 16.8. The van der Waals surface area contributed by atoms with Crippen LogP contribution in [0.25, 0.3) is 0 Å². The van der Waals surface area contributed by atoms with Gasteiger partial charge in [-0.2, -0.15) is 0 Å². The molecule has 0 spiro atoms. The van der Waals surface area contributed by atoms with E-state index in [1.54, 1.807) is 0 Å². The van der Waals surface area contributed by atoms with Crippen molar-refractivity contribution in [3.05, 3.63) is 35.4 Å². The molecule has 2 fully saturated rings. The van der Waals surface area contributed by atoms with Gasteiger partial charge in [-0.3, -0.25) is 4.79 Å². The van der Waals surface area contributed by atoms with Gasteiger partial charge in [0.15, 0.2) is 0 Å². The second kappa shape index (κ2) is 7.24. The van der Waals surface area contributed by atoms with Crippen molar-refractivity contribution in [1.82, 2.24) is 10.6 Å². The molecule has 3 rings (SSSR count). The summed E-state index contributed by atoms with van der Waals surface area (Å²) >= 11 is 0. The molecule has 1 aromatic rings. The average Bonchev–Trinajstić information content (AvgIpc) is 3.40. The van der Waals surface area contributed by atoms with E-state index in [2.05, 4.69) is 34.9 Å². The summed E-state index contributed by atoms with van der Waals surface area (Å²) in [5.41, 5.74) is 2.50. The van der Waals surface area contributed by atoms with Crippen molar-refractivity contribution in [2.24, 2.45) is 5.92 Å². The number of amides is 2. The third-order valence-electron chi connectivity index (χ3n) is 5.22. The third kappa shape index (κ3) is 4.28. The van der Waals surface area contributed by atoms with Crippen LogP contribution in [-0.4, -0.2) is 23.1 Å². The van der Waals surface area contributed by atoms with Crippen LogP contribution < -0.4 is 10.6 Å². The zero-order valence-electron chi connectivity index (χ0n) is 14.1. The molecule has 5 nitrogen and oxygen atoms in total. The van der Waals surface area contributed by atoms with Crippen molar-refractivity contribution in [3.63, 3.8) is 0 Å². The second-order valence-electron chi connectivity index (χ2n) is 7.17. The van der Waals surface area contributed by atoms with Crippen molar-refractivity contribution >= 4 is 12.0 Å². The van der Waals surface area contributed by atoms with Crippen LogP contribution in [0.5, 0.6) is 0 Å². The molecule has 0 bridgehead atoms. The molecule has 0 aliphatic heterocycles. The smallest absolute Gasteiger partial charge is 0.315 e. The molecule has 0 saturated heterocycles. The first-order valence-corrected chi connectivity index (χ1v) is 8.92. The topological polar surface area (TPSA) is 78.4 Å². The Labute approximate surface area is 142 Å². The van der Waals surface area contributed by atoms with Crippen LogP contribution in [0, 0.1) is 5.92 Å². The van der Waals surface area contributed by atoms with Crippen molar-refractivity contribution in [2.75, 3.05) is 0 Å². The molecule has 2 aliphatic carbocycles. The Morgan fingerprint density at radius 2 is 1.83 bits per heavy atom. The highest BCUT2D eigenvalue weighted by Crippen LogP contribution is 2.40. The number of benzene rings is 1. The molecule has 2 amide bonds. The molecule has 5 heteroatoms. The Morgan fingerprint density at radius 1 is 1.12 bits per heavy atom. The predicted octanol–water partition coefficient (Wildman–Crippen LogP) is 3.57. The van der Waals surface area contributed by atoms with Gasteiger partial charge in [-0.05, 0) is 62.5 Å². The maximum absolute atomic E-state index is 12.2. The number of carbonyl (C=O) groups is 2. The van der Waals surface area contributed by atoms with Gasteiger partial charge in [0.1, 0.15) is 0 Å². The number of nitrogens with one attached hydrogen (secondary N) is 2. The highest BCUT2D eigenvalue weighted by Gasteiger charge is 2.27. The van der Waals surface area contributed by atoms with E-state index in [0.717, 1.165) is 18.4 Å². The van der Waals surface area contributed by atoms with Gasteiger partial charge < -0.3 is 15.7 Å². The van der Waals surface area contributed by atoms with Crippen LogP contribution in [0.4, 0.5) is 4.79 Å². The van der Waals surface area contributed by atoms with Crippen LogP contribution in [0.2, 0.25) is 0 Å². The number of rotatable bonds is 5. The Hall–Kier alpha value is -2.04. The largest absolute Gasteiger partial charge is 0.481 e. The van der Waals surface area contributed by atoms with E-state index >= 15 is 0 Å². The van der Waals surface area contributed by atoms with E-state index in [4.69, 9.17) is 5.11 Å². The normalized spacial score (nSPS) is 24.9. The maximum Gasteiger partial charge on any atom is 0.315 e. The number of urea groups is 1. The van der Waals surface area contributed by atoms with Gasteiger partial charge in [-0.15, -0.1) is 0 Å². The Morgan fingerprint density at radius 3 is 2.46 bits per heavy atom. The zero-order valence-corrected chi connectivity index (χ0v) is 14.1. The summed E-state index contributed by atoms with van der Waals surface area (Å²) in [5.74, 6) is -0.271. The molecule has 3 N–H and O–H groups in total. The third-order valence-corrected chi connectivity index (χ3v) is 5.22. The molecule has 1 unspecified atom stereocenters. The maximum atomic E-state index is 12.2. The molecular formula is C19H26N2O3. The Bertz CT molecular complexity index is 604. The molecule has 2 saturated carbocycles. The lowest BCUT2D eigenvalue weighted by atomic mass is 9.86. The van der Waals surface area contributed by atoms with Crippen LogP contribution in [-0.2, 0) is 4.79 Å². The minimum absolute atomic E-state index is 0.0425. The summed E-state index contributed by atoms with van der Waals surface area (Å²) in [6.07, 6.45) is 5.28. The molecule has 1 atom stereocenters. The fourth-order valence-corrected chi connectivity index (χ4v) is 3.49. The van der Waals surface area contributed by atoms with E-state index in [-0.39, 0.29) is 24.0 Å². The minimum Gasteiger partial charge on any atom is -0.481 e. The Balaban J connectivity index is 1.48. The lowest BCUT2D eigenvalue weighted by Crippen LogP contribution is -2.44. The molecular weight excluding hydrogens is 304 g/mol. The zero-order chi connectivity index (χ0) is 17.1. The number of carboxylic acids is 1. The van der Waals surface area contributed by atoms with Gasteiger partial charge in [-0.25, -0.2) is 4.79 Å². The van der Waals surface area contributed by atoms with Crippen LogP contribution in [0.15, 0.2) is 24.3 Å². The molecule has 0 heterocycles. The van der Waals surface area contributed by atoms with Crippen molar-refractivity contribution in [2.45, 2.75) is 63.5 Å². The van der Waals surface area contributed by atoms with Crippen molar-refractivity contribution in [1.29, 1.82) is 0 Å². The van der Waals surface area contributed by atoms with E-state index < -0.39 is 5.97 Å². The summed E-state index contributed by atoms with van der Waals surface area (Å²) < 4.78 is 0. The molecule has 2 aliphatic rings. The minimum atomic E-state index is -0.720. The van der Waals surface area contributed by atoms with E-state index in [9.17, 15) is 9.59 Å². The van der Waals surface area contributed by atoms with Crippen LogP contribution in [0.1, 0.15) is 68.5 Å². The predicted molar refractivity (Wildman–Crippen MR) is 91.9 cm³/mol. The van der Waals surface area contributed by atoms with Crippen molar-refractivity contribution in [3.8, 4) is 0 Å². The summed E-state index contributed by atoms with van der Waals surface area (Å²) in [7, 11) is 0. The SMILES string of the molecule is CC(NC(=O)NC1CCC(C(=O)O)CC1)c1cccc(C2CC2)c1. The number of hydrogen-bond acceptors (Lipinski definition) is 2. The lowest BCUT2D eigenvalue weighted by Gasteiger charge is -2.27. The summed E-state index contributed by atoms with van der Waals surface area (Å²) in [5, 5.41) is 15.0. The van der Waals surface area contributed by atoms with Gasteiger partial charge in [0.2, 0.25) is 0 Å². The molecule has 0 radical (unpaired) electrons. The second-order valence-corrected chi connectivity index (χ2v) is 7.17. The Kier molecular flexibility index (Phi) is 5.07. The standard InChI is InChI=1S/C19H26N2O3/c1-12(15-3-2-4-16(11-15)13-5-6-13)20-19(24)21-17-9-7-14(8-10-17)18(22)23/h2-4,11-14,17H,5-10H2,1H3,(H,22,23)(H2,20,21,24). The van der Waals surface area contributed by atoms with Gasteiger partial charge >= 0.3 is 12.0 Å². The fraction of sp³-hybridized carbons (Fsp3) is 0.579. The first-order valence-electron chi connectivity index (χ1n) is 8.92. The number of aliphatic carboxylic acids is 1. The van der Waals surface area contributed by atoms with E-state index in [1.807, 2.05) is 6.92 Å². The van der Waals surface area contributed by atoms with Crippen LogP contribution in [0.3, 0.4) is 0 Å². The highest BCUT2D eigenvalue weighted by atomic mass is 16.4. The fourth-order valence-electron chi connectivity index (χ4n) is 3.49. The molecule has 24 heavy (non-hydrogen) atoms. The first-order chi connectivity index (χ1) is 11.5. The van der Waals surface area contributed by atoms with Gasteiger partial charge in [0.05, 0.1) is 12.0 Å². The molecule has 0 aromatic heterocycles. The average molecular weight is 330 g/mol. The molecule has 130 valence electrons. The van der Waals surface area contributed by atoms with Crippen molar-refractivity contribution < 1.29 is 14.7 Å². The van der Waals surface area contributed by atoms with Gasteiger partial charge in [-0.1, -0.05) is 24.3 Å². The van der Waals surface area contributed by atoms with Gasteiger partial charge in [0, 0.05) is 6.04 Å². The summed E-state index contributed by atoms with van der Waals surface area (Å²) in [6, 6.07) is 8.33. The number of carbonyl (C=O) groups excluding carboxylic acids is 1.